The summed E-state index contributed by atoms with van der Waals surface area (Å²) >= 11 is 0. The first kappa shape index (κ1) is 20.6. The normalized spacial score (nSPS) is 16.6. The quantitative estimate of drug-likeness (QED) is 0.529. The standard InChI is InChI=1S/C24H26FN5O2/c1-14-9-20(25)18(23(32)27-16-3-4-16)11-17(14)15-10-19(21-5-8-30(2)29-21)22(26-12-15)28-24(13-31)6-7-24/h5,8-12,16,31H,3-4,6-7,13H2,1-2H3,(H,26,28)(H,27,32). The molecular formula is C24H26FN5O2. The maximum absolute atomic E-state index is 14.6. The average Bonchev–Trinajstić information content (AvgIpc) is 3.69. The Kier molecular flexibility index (Phi) is 4.97. The number of benzene rings is 1. The van der Waals surface area contributed by atoms with Crippen LogP contribution in [0.5, 0.6) is 0 Å². The zero-order valence-electron chi connectivity index (χ0n) is 18.2. The Morgan fingerprint density at radius 3 is 2.69 bits per heavy atom. The van der Waals surface area contributed by atoms with E-state index in [1.165, 1.54) is 6.07 Å². The van der Waals surface area contributed by atoms with Gasteiger partial charge in [-0.15, -0.1) is 0 Å². The molecule has 3 N–H and O–H groups in total. The van der Waals surface area contributed by atoms with Gasteiger partial charge in [0.25, 0.3) is 5.91 Å². The van der Waals surface area contributed by atoms with Gasteiger partial charge in [0, 0.05) is 36.6 Å². The molecule has 5 rings (SSSR count). The minimum Gasteiger partial charge on any atom is -0.394 e. The first-order valence-electron chi connectivity index (χ1n) is 10.9. The molecule has 8 heteroatoms. The van der Waals surface area contributed by atoms with Crippen molar-refractivity contribution in [3.8, 4) is 22.4 Å². The van der Waals surface area contributed by atoms with Gasteiger partial charge in [0.15, 0.2) is 0 Å². The topological polar surface area (TPSA) is 92.1 Å². The number of aliphatic hydroxyl groups excluding tert-OH is 1. The second kappa shape index (κ2) is 7.70. The lowest BCUT2D eigenvalue weighted by molar-refractivity contribution is 0.0947. The minimum atomic E-state index is -0.529. The average molecular weight is 436 g/mol. The number of aromatic nitrogens is 3. The number of carbonyl (C=O) groups is 1. The van der Waals surface area contributed by atoms with E-state index in [4.69, 9.17) is 0 Å². The molecule has 3 aromatic rings. The van der Waals surface area contributed by atoms with Crippen LogP contribution in [0.25, 0.3) is 22.4 Å². The van der Waals surface area contributed by atoms with Gasteiger partial charge in [-0.2, -0.15) is 5.10 Å². The number of halogens is 1. The fourth-order valence-corrected chi connectivity index (χ4v) is 3.84. The molecule has 2 aromatic heterocycles. The molecule has 32 heavy (non-hydrogen) atoms. The number of nitrogens with zero attached hydrogens (tertiary/aromatic N) is 3. The van der Waals surface area contributed by atoms with Crippen LogP contribution in [0.15, 0.2) is 36.7 Å². The van der Waals surface area contributed by atoms with Gasteiger partial charge in [-0.3, -0.25) is 9.48 Å². The van der Waals surface area contributed by atoms with E-state index in [1.807, 2.05) is 32.3 Å². The lowest BCUT2D eigenvalue weighted by Gasteiger charge is -2.19. The molecule has 2 aliphatic rings. The maximum Gasteiger partial charge on any atom is 0.254 e. The van der Waals surface area contributed by atoms with Gasteiger partial charge in [0.1, 0.15) is 11.6 Å². The van der Waals surface area contributed by atoms with Crippen molar-refractivity contribution in [2.75, 3.05) is 11.9 Å². The van der Waals surface area contributed by atoms with Crippen molar-refractivity contribution in [1.82, 2.24) is 20.1 Å². The summed E-state index contributed by atoms with van der Waals surface area (Å²) in [4.78, 5) is 17.2. The van der Waals surface area contributed by atoms with E-state index in [2.05, 4.69) is 20.7 Å². The molecule has 2 heterocycles. The first-order chi connectivity index (χ1) is 15.4. The van der Waals surface area contributed by atoms with Crippen LogP contribution in [-0.4, -0.2) is 44.0 Å². The van der Waals surface area contributed by atoms with Gasteiger partial charge < -0.3 is 15.7 Å². The van der Waals surface area contributed by atoms with E-state index in [-0.39, 0.29) is 29.7 Å². The van der Waals surface area contributed by atoms with Gasteiger partial charge in [-0.1, -0.05) is 0 Å². The smallest absolute Gasteiger partial charge is 0.254 e. The van der Waals surface area contributed by atoms with E-state index >= 15 is 0 Å². The van der Waals surface area contributed by atoms with E-state index in [9.17, 15) is 14.3 Å². The highest BCUT2D eigenvalue weighted by atomic mass is 19.1. The lowest BCUT2D eigenvalue weighted by atomic mass is 9.96. The summed E-state index contributed by atoms with van der Waals surface area (Å²) in [6.07, 6.45) is 7.20. The number of aryl methyl sites for hydroxylation is 2. The fraction of sp³-hybridized carbons (Fsp3) is 0.375. The summed E-state index contributed by atoms with van der Waals surface area (Å²) in [6.45, 7) is 1.85. The molecule has 1 aromatic carbocycles. The molecule has 2 aliphatic carbocycles. The molecule has 0 radical (unpaired) electrons. The highest BCUT2D eigenvalue weighted by molar-refractivity contribution is 5.96. The summed E-state index contributed by atoms with van der Waals surface area (Å²) in [5, 5.41) is 20.5. The SMILES string of the molecule is Cc1cc(F)c(C(=O)NC2CC2)cc1-c1cnc(NC2(CO)CC2)c(-c2ccn(C)n2)c1. The number of aliphatic hydroxyl groups is 1. The molecule has 0 atom stereocenters. The Balaban J connectivity index is 1.57. The highest BCUT2D eigenvalue weighted by Gasteiger charge is 2.43. The largest absolute Gasteiger partial charge is 0.394 e. The first-order valence-corrected chi connectivity index (χ1v) is 10.9. The summed E-state index contributed by atoms with van der Waals surface area (Å²) in [6, 6.07) is 7.00. The van der Waals surface area contributed by atoms with Crippen molar-refractivity contribution in [2.45, 2.75) is 44.2 Å². The Labute approximate surface area is 185 Å². The Morgan fingerprint density at radius 1 is 1.28 bits per heavy atom. The van der Waals surface area contributed by atoms with Crippen LogP contribution >= 0.6 is 0 Å². The van der Waals surface area contributed by atoms with E-state index < -0.39 is 5.82 Å². The number of hydrogen-bond acceptors (Lipinski definition) is 5. The highest BCUT2D eigenvalue weighted by Crippen LogP contribution is 2.41. The second-order valence-corrected chi connectivity index (χ2v) is 8.95. The number of hydrogen-bond donors (Lipinski definition) is 3. The molecule has 166 valence electrons. The van der Waals surface area contributed by atoms with Crippen LogP contribution in [0.1, 0.15) is 41.6 Å². The second-order valence-electron chi connectivity index (χ2n) is 8.95. The van der Waals surface area contributed by atoms with Crippen LogP contribution in [-0.2, 0) is 7.05 Å². The van der Waals surface area contributed by atoms with Crippen molar-refractivity contribution >= 4 is 11.7 Å². The van der Waals surface area contributed by atoms with Crippen LogP contribution < -0.4 is 10.6 Å². The maximum atomic E-state index is 14.6. The predicted molar refractivity (Wildman–Crippen MR) is 120 cm³/mol. The van der Waals surface area contributed by atoms with Crippen LogP contribution in [0, 0.1) is 12.7 Å². The van der Waals surface area contributed by atoms with Gasteiger partial charge in [0.2, 0.25) is 0 Å². The monoisotopic (exact) mass is 435 g/mol. The molecule has 2 saturated carbocycles. The van der Waals surface area contributed by atoms with Crippen molar-refractivity contribution in [3.63, 3.8) is 0 Å². The van der Waals surface area contributed by atoms with Gasteiger partial charge in [-0.25, -0.2) is 9.37 Å². The number of nitrogens with one attached hydrogen (secondary N) is 2. The third-order valence-corrected chi connectivity index (χ3v) is 6.20. The summed E-state index contributed by atoms with van der Waals surface area (Å²) in [7, 11) is 1.85. The van der Waals surface area contributed by atoms with Crippen molar-refractivity contribution in [2.24, 2.45) is 7.05 Å². The molecule has 1 amide bonds. The lowest BCUT2D eigenvalue weighted by Crippen LogP contribution is -2.26. The van der Waals surface area contributed by atoms with E-state index in [1.54, 1.807) is 16.9 Å². The number of anilines is 1. The minimum absolute atomic E-state index is 0.0363. The Hall–Kier alpha value is -3.26. The third kappa shape index (κ3) is 3.98. The Morgan fingerprint density at radius 2 is 2.06 bits per heavy atom. The number of carbonyl (C=O) groups excluding carboxylic acids is 1. The zero-order valence-corrected chi connectivity index (χ0v) is 18.2. The summed E-state index contributed by atoms with van der Waals surface area (Å²) < 4.78 is 16.3. The van der Waals surface area contributed by atoms with Crippen molar-refractivity contribution in [3.05, 3.63) is 53.6 Å². The number of pyridine rings is 1. The molecule has 2 fully saturated rings. The predicted octanol–water partition coefficient (Wildman–Crippen LogP) is 3.43. The summed E-state index contributed by atoms with van der Waals surface area (Å²) in [5.74, 6) is -0.272. The number of rotatable bonds is 7. The molecule has 7 nitrogen and oxygen atoms in total. The molecule has 0 saturated heterocycles. The van der Waals surface area contributed by atoms with E-state index in [0.717, 1.165) is 48.1 Å². The van der Waals surface area contributed by atoms with E-state index in [0.29, 0.717) is 11.4 Å². The van der Waals surface area contributed by atoms with Crippen molar-refractivity contribution < 1.29 is 14.3 Å². The summed E-state index contributed by atoms with van der Waals surface area (Å²) in [5.41, 5.74) is 3.46. The third-order valence-electron chi connectivity index (χ3n) is 6.20. The molecule has 0 unspecified atom stereocenters. The molecule has 0 spiro atoms. The Bertz CT molecular complexity index is 1200. The van der Waals surface area contributed by atoms with Gasteiger partial charge in [0.05, 0.1) is 23.4 Å². The number of amides is 1. The van der Waals surface area contributed by atoms with Crippen LogP contribution in [0.3, 0.4) is 0 Å². The fourth-order valence-electron chi connectivity index (χ4n) is 3.84. The van der Waals surface area contributed by atoms with Gasteiger partial charge in [-0.05, 0) is 68.0 Å². The van der Waals surface area contributed by atoms with Crippen molar-refractivity contribution in [1.29, 1.82) is 0 Å². The molecule has 0 aliphatic heterocycles. The molecule has 0 bridgehead atoms. The zero-order chi connectivity index (χ0) is 22.5. The molecular weight excluding hydrogens is 409 g/mol. The van der Waals surface area contributed by atoms with Gasteiger partial charge >= 0.3 is 0 Å². The van der Waals surface area contributed by atoms with Crippen LogP contribution in [0.4, 0.5) is 10.2 Å². The van der Waals surface area contributed by atoms with Crippen LogP contribution in [0.2, 0.25) is 0 Å².